The molecule has 2 aromatic rings. The van der Waals surface area contributed by atoms with Gasteiger partial charge in [-0.25, -0.2) is 35.9 Å². The van der Waals surface area contributed by atoms with E-state index in [2.05, 4.69) is 9.97 Å². The SMILES string of the molecule is C[C@H](Oc1cnc(N2C[C@H](c3cc(F)c(F)cc3F)[C@@H](N)C2)nc1)C1CCN(S(=O)(=O)[C@H]2CCOC2)CC1. The molecular weight excluding hydrogens is 523 g/mol. The van der Waals surface area contributed by atoms with Gasteiger partial charge in [0.1, 0.15) is 11.1 Å². The first kappa shape index (κ1) is 27.1. The van der Waals surface area contributed by atoms with Gasteiger partial charge in [0.05, 0.1) is 25.1 Å². The largest absolute Gasteiger partial charge is 0.487 e. The molecule has 13 heteroatoms. The van der Waals surface area contributed by atoms with Gasteiger partial charge in [0.2, 0.25) is 16.0 Å². The van der Waals surface area contributed by atoms with Crippen molar-refractivity contribution in [3.8, 4) is 5.75 Å². The van der Waals surface area contributed by atoms with Crippen LogP contribution in [0.4, 0.5) is 19.1 Å². The fourth-order valence-electron chi connectivity index (χ4n) is 5.55. The number of rotatable bonds is 7. The van der Waals surface area contributed by atoms with Crippen LogP contribution in [-0.4, -0.2) is 79.5 Å². The summed E-state index contributed by atoms with van der Waals surface area (Å²) in [6, 6.07) is 0.891. The Labute approximate surface area is 220 Å². The highest BCUT2D eigenvalue weighted by molar-refractivity contribution is 7.89. The van der Waals surface area contributed by atoms with Crippen molar-refractivity contribution in [2.24, 2.45) is 11.7 Å². The van der Waals surface area contributed by atoms with Gasteiger partial charge in [-0.2, -0.15) is 0 Å². The average molecular weight is 556 g/mol. The quantitative estimate of drug-likeness (QED) is 0.519. The summed E-state index contributed by atoms with van der Waals surface area (Å²) in [6.07, 6.45) is 4.88. The molecule has 3 aliphatic heterocycles. The van der Waals surface area contributed by atoms with Crippen molar-refractivity contribution in [3.05, 3.63) is 47.5 Å². The molecule has 3 saturated heterocycles. The fraction of sp³-hybridized carbons (Fsp3) is 0.600. The summed E-state index contributed by atoms with van der Waals surface area (Å²) in [5.74, 6) is -2.69. The zero-order chi connectivity index (χ0) is 27.0. The summed E-state index contributed by atoms with van der Waals surface area (Å²) >= 11 is 0. The first-order valence-electron chi connectivity index (χ1n) is 12.8. The van der Waals surface area contributed by atoms with Crippen molar-refractivity contribution in [1.82, 2.24) is 14.3 Å². The Hall–Kier alpha value is -2.48. The number of nitrogens with two attached hydrogens (primary N) is 1. The maximum Gasteiger partial charge on any atom is 0.225 e. The Kier molecular flexibility index (Phi) is 7.81. The van der Waals surface area contributed by atoms with Crippen molar-refractivity contribution < 1.29 is 31.1 Å². The van der Waals surface area contributed by atoms with Crippen molar-refractivity contribution in [1.29, 1.82) is 0 Å². The zero-order valence-corrected chi connectivity index (χ0v) is 21.9. The maximum atomic E-state index is 14.3. The van der Waals surface area contributed by atoms with Crippen molar-refractivity contribution >= 4 is 16.0 Å². The highest BCUT2D eigenvalue weighted by Crippen LogP contribution is 2.32. The van der Waals surface area contributed by atoms with Crippen LogP contribution >= 0.6 is 0 Å². The summed E-state index contributed by atoms with van der Waals surface area (Å²) in [4.78, 5) is 10.5. The molecule has 0 bridgehead atoms. The predicted octanol–water partition coefficient (Wildman–Crippen LogP) is 2.42. The van der Waals surface area contributed by atoms with Gasteiger partial charge in [0.15, 0.2) is 17.4 Å². The Morgan fingerprint density at radius 2 is 1.74 bits per heavy atom. The second-order valence-electron chi connectivity index (χ2n) is 10.3. The average Bonchev–Trinajstić information content (AvgIpc) is 3.58. The molecule has 5 rings (SSSR count). The number of sulfonamides is 1. The van der Waals surface area contributed by atoms with Gasteiger partial charge < -0.3 is 20.1 Å². The molecule has 0 saturated carbocycles. The molecule has 4 atom stereocenters. The van der Waals surface area contributed by atoms with E-state index in [-0.39, 0.29) is 30.7 Å². The van der Waals surface area contributed by atoms with E-state index in [1.807, 2.05) is 6.92 Å². The summed E-state index contributed by atoms with van der Waals surface area (Å²) in [7, 11) is -3.34. The van der Waals surface area contributed by atoms with Crippen LogP contribution in [0.2, 0.25) is 0 Å². The van der Waals surface area contributed by atoms with Crippen LogP contribution in [0, 0.1) is 23.4 Å². The number of aromatic nitrogens is 2. The molecule has 0 amide bonds. The van der Waals surface area contributed by atoms with Crippen LogP contribution in [0.25, 0.3) is 0 Å². The van der Waals surface area contributed by atoms with Crippen LogP contribution < -0.4 is 15.4 Å². The number of anilines is 1. The summed E-state index contributed by atoms with van der Waals surface area (Å²) in [5, 5.41) is -0.445. The Balaban J connectivity index is 1.15. The molecule has 4 heterocycles. The molecule has 0 radical (unpaired) electrons. The van der Waals surface area contributed by atoms with E-state index >= 15 is 0 Å². The number of nitrogens with zero attached hydrogens (tertiary/aromatic N) is 4. The molecule has 208 valence electrons. The molecule has 38 heavy (non-hydrogen) atoms. The van der Waals surface area contributed by atoms with Gasteiger partial charge in [0, 0.05) is 50.8 Å². The van der Waals surface area contributed by atoms with Gasteiger partial charge in [-0.1, -0.05) is 0 Å². The van der Waals surface area contributed by atoms with Crippen LogP contribution in [0.1, 0.15) is 37.7 Å². The van der Waals surface area contributed by atoms with Gasteiger partial charge in [-0.15, -0.1) is 0 Å². The van der Waals surface area contributed by atoms with E-state index in [9.17, 15) is 21.6 Å². The van der Waals surface area contributed by atoms with E-state index in [0.717, 1.165) is 6.07 Å². The molecule has 3 aliphatic rings. The standard InChI is InChI=1S/C25H32F3N5O4S/c1-15(16-2-5-33(6-3-16)38(34,35)18-4-7-36-14-18)37-17-10-30-25(31-11-17)32-12-20(24(29)13-32)19-8-22(27)23(28)9-21(19)26/h8-11,15-16,18,20,24H,2-7,12-14,29H2,1H3/t15-,18-,20+,24-/m0/s1. The van der Waals surface area contributed by atoms with E-state index < -0.39 is 44.7 Å². The van der Waals surface area contributed by atoms with Crippen LogP contribution in [-0.2, 0) is 14.8 Å². The third-order valence-corrected chi connectivity index (χ3v) is 10.2. The third kappa shape index (κ3) is 5.47. The first-order valence-corrected chi connectivity index (χ1v) is 14.3. The lowest BCUT2D eigenvalue weighted by atomic mass is 9.93. The summed E-state index contributed by atoms with van der Waals surface area (Å²) in [5.41, 5.74) is 6.22. The molecule has 0 unspecified atom stereocenters. The van der Waals surface area contributed by atoms with Crippen LogP contribution in [0.3, 0.4) is 0 Å². The van der Waals surface area contributed by atoms with Crippen LogP contribution in [0.5, 0.6) is 5.75 Å². The van der Waals surface area contributed by atoms with E-state index in [4.69, 9.17) is 15.2 Å². The highest BCUT2D eigenvalue weighted by Gasteiger charge is 2.38. The van der Waals surface area contributed by atoms with Crippen molar-refractivity contribution in [2.75, 3.05) is 44.3 Å². The first-order chi connectivity index (χ1) is 18.1. The molecule has 0 aliphatic carbocycles. The lowest BCUT2D eigenvalue weighted by Gasteiger charge is -2.35. The van der Waals surface area contributed by atoms with Crippen molar-refractivity contribution in [3.63, 3.8) is 0 Å². The number of piperidine rings is 1. The maximum absolute atomic E-state index is 14.3. The minimum Gasteiger partial charge on any atom is -0.487 e. The Morgan fingerprint density at radius 1 is 1.05 bits per heavy atom. The van der Waals surface area contributed by atoms with Crippen LogP contribution in [0.15, 0.2) is 24.5 Å². The predicted molar refractivity (Wildman–Crippen MR) is 134 cm³/mol. The zero-order valence-electron chi connectivity index (χ0n) is 21.1. The fourth-order valence-corrected chi connectivity index (χ4v) is 7.35. The molecule has 9 nitrogen and oxygen atoms in total. The van der Waals surface area contributed by atoms with Gasteiger partial charge in [-0.3, -0.25) is 0 Å². The third-order valence-electron chi connectivity index (χ3n) is 7.85. The van der Waals surface area contributed by atoms with E-state index in [1.54, 1.807) is 21.6 Å². The minimum atomic E-state index is -3.34. The molecule has 0 spiro atoms. The number of hydrogen-bond acceptors (Lipinski definition) is 8. The summed E-state index contributed by atoms with van der Waals surface area (Å²) < 4.78 is 79.8. The number of benzene rings is 1. The monoisotopic (exact) mass is 555 g/mol. The lowest BCUT2D eigenvalue weighted by Crippen LogP contribution is -2.45. The van der Waals surface area contributed by atoms with Crippen molar-refractivity contribution in [2.45, 2.75) is 49.5 Å². The number of ether oxygens (including phenoxy) is 2. The van der Waals surface area contributed by atoms with E-state index in [0.29, 0.717) is 63.3 Å². The molecule has 2 N–H and O–H groups in total. The highest BCUT2D eigenvalue weighted by atomic mass is 32.2. The normalized spacial score (nSPS) is 26.1. The Morgan fingerprint density at radius 3 is 2.39 bits per heavy atom. The molecule has 1 aromatic heterocycles. The minimum absolute atomic E-state index is 0.0306. The van der Waals surface area contributed by atoms with Gasteiger partial charge in [0.25, 0.3) is 0 Å². The second kappa shape index (κ2) is 10.9. The van der Waals surface area contributed by atoms with E-state index in [1.165, 1.54) is 0 Å². The second-order valence-corrected chi connectivity index (χ2v) is 12.5. The van der Waals surface area contributed by atoms with Gasteiger partial charge >= 0.3 is 0 Å². The summed E-state index contributed by atoms with van der Waals surface area (Å²) in [6.45, 7) is 4.22. The Bertz CT molecular complexity index is 1240. The number of halogens is 3. The lowest BCUT2D eigenvalue weighted by molar-refractivity contribution is 0.110. The molecular formula is C25H32F3N5O4S. The smallest absolute Gasteiger partial charge is 0.225 e. The molecule has 3 fully saturated rings. The van der Waals surface area contributed by atoms with Gasteiger partial charge in [-0.05, 0) is 43.7 Å². The molecule has 1 aromatic carbocycles. The number of hydrogen-bond donors (Lipinski definition) is 1. The topological polar surface area (TPSA) is 111 Å².